The first-order chi connectivity index (χ1) is 15.4. The van der Waals surface area contributed by atoms with Gasteiger partial charge in [0.1, 0.15) is 0 Å². The molecule has 1 N–H and O–H groups in total. The number of carbonyl (C=O) groups excluding carboxylic acids is 1. The van der Waals surface area contributed by atoms with Gasteiger partial charge < -0.3 is 10.0 Å². The monoisotopic (exact) mass is 452 g/mol. The number of unbranched alkanes of at least 4 members (excludes halogenated alkanes) is 1. The molecule has 3 atom stereocenters. The molecule has 2 aliphatic heterocycles. The van der Waals surface area contributed by atoms with Crippen molar-refractivity contribution in [3.8, 4) is 11.8 Å². The molecule has 7 heteroatoms. The number of aliphatic hydroxyl groups excluding tert-OH is 1. The van der Waals surface area contributed by atoms with Crippen molar-refractivity contribution < 1.29 is 18.3 Å². The number of rotatable bonds is 6. The minimum absolute atomic E-state index is 0.115. The summed E-state index contributed by atoms with van der Waals surface area (Å²) in [4.78, 5) is 14.5. The average molecular weight is 453 g/mol. The maximum absolute atomic E-state index is 13.0. The predicted octanol–water partition coefficient (Wildman–Crippen LogP) is 2.34. The van der Waals surface area contributed by atoms with Crippen LogP contribution in [0, 0.1) is 11.8 Å². The summed E-state index contributed by atoms with van der Waals surface area (Å²) in [5.41, 5.74) is 2.60. The predicted molar refractivity (Wildman–Crippen MR) is 123 cm³/mol. The van der Waals surface area contributed by atoms with Crippen LogP contribution in [0.2, 0.25) is 0 Å². The Kier molecular flexibility index (Phi) is 6.66. The van der Waals surface area contributed by atoms with Crippen molar-refractivity contribution in [1.29, 1.82) is 0 Å². The molecule has 2 saturated heterocycles. The van der Waals surface area contributed by atoms with E-state index in [1.807, 2.05) is 30.3 Å². The molecular weight excluding hydrogens is 424 g/mol. The van der Waals surface area contributed by atoms with Crippen molar-refractivity contribution in [1.82, 2.24) is 9.21 Å². The second kappa shape index (κ2) is 9.45. The van der Waals surface area contributed by atoms with E-state index in [1.54, 1.807) is 29.2 Å². The first-order valence-electron chi connectivity index (χ1n) is 11.0. The Morgan fingerprint density at radius 3 is 2.47 bits per heavy atom. The van der Waals surface area contributed by atoms with Gasteiger partial charge in [0, 0.05) is 24.4 Å². The number of nitrogens with zero attached hydrogens (tertiary/aromatic N) is 2. The molecule has 2 fully saturated rings. The van der Waals surface area contributed by atoms with E-state index in [4.69, 9.17) is 0 Å². The Labute approximate surface area is 189 Å². The normalized spacial score (nSPS) is 23.1. The quantitative estimate of drug-likeness (QED) is 0.683. The van der Waals surface area contributed by atoms with Gasteiger partial charge in [0.05, 0.1) is 31.0 Å². The van der Waals surface area contributed by atoms with Gasteiger partial charge in [0.15, 0.2) is 0 Å². The van der Waals surface area contributed by atoms with E-state index in [2.05, 4.69) is 18.8 Å². The molecule has 0 spiro atoms. The summed E-state index contributed by atoms with van der Waals surface area (Å²) in [6, 6.07) is 16.2. The molecule has 2 aromatic carbocycles. The lowest BCUT2D eigenvalue weighted by Crippen LogP contribution is -2.73. The molecule has 32 heavy (non-hydrogen) atoms. The van der Waals surface area contributed by atoms with E-state index in [1.165, 1.54) is 4.31 Å². The third-order valence-corrected chi connectivity index (χ3v) is 7.97. The van der Waals surface area contributed by atoms with Crippen molar-refractivity contribution in [2.45, 2.75) is 43.5 Å². The highest BCUT2D eigenvalue weighted by Gasteiger charge is 2.55. The van der Waals surface area contributed by atoms with Crippen LogP contribution in [0.1, 0.15) is 42.4 Å². The lowest BCUT2D eigenvalue weighted by molar-refractivity contribution is -0.158. The van der Waals surface area contributed by atoms with Crippen LogP contribution in [0.5, 0.6) is 0 Å². The number of piperazine rings is 1. The highest BCUT2D eigenvalue weighted by atomic mass is 32.2. The van der Waals surface area contributed by atoms with E-state index in [-0.39, 0.29) is 49.4 Å². The Morgan fingerprint density at radius 2 is 1.81 bits per heavy atom. The van der Waals surface area contributed by atoms with Gasteiger partial charge in [-0.15, -0.1) is 0 Å². The highest BCUT2D eigenvalue weighted by Crippen LogP contribution is 2.43. The summed E-state index contributed by atoms with van der Waals surface area (Å²) < 4.78 is 27.4. The standard InChI is InChI=1S/C25H28N2O4S/c1-2-3-5-8-19-11-13-21(14-12-19)25-22-15-26(16-24(29)27(22)23(25)17-28)32(30,31)18-20-9-6-4-7-10-20/h4,6-7,9-14,22-23,25,28H,2-3,15-18H2,1H3/t22-,23-,25-/m0/s1. The van der Waals surface area contributed by atoms with Crippen LogP contribution in [0.15, 0.2) is 54.6 Å². The van der Waals surface area contributed by atoms with Gasteiger partial charge in [-0.05, 0) is 29.7 Å². The number of fused-ring (bicyclic) bond motifs is 1. The molecule has 0 radical (unpaired) electrons. The molecule has 1 amide bonds. The summed E-state index contributed by atoms with van der Waals surface area (Å²) >= 11 is 0. The molecule has 0 aliphatic carbocycles. The number of aliphatic hydroxyl groups is 1. The van der Waals surface area contributed by atoms with E-state index < -0.39 is 10.0 Å². The number of benzene rings is 2. The molecule has 0 bridgehead atoms. The molecule has 2 aliphatic rings. The third-order valence-electron chi connectivity index (χ3n) is 6.21. The summed E-state index contributed by atoms with van der Waals surface area (Å²) in [5, 5.41) is 9.94. The Morgan fingerprint density at radius 1 is 1.09 bits per heavy atom. The number of sulfonamides is 1. The van der Waals surface area contributed by atoms with Crippen LogP contribution < -0.4 is 0 Å². The zero-order chi connectivity index (χ0) is 22.7. The number of amides is 1. The average Bonchev–Trinajstić information content (AvgIpc) is 2.76. The fourth-order valence-electron chi connectivity index (χ4n) is 4.64. The van der Waals surface area contributed by atoms with Crippen molar-refractivity contribution >= 4 is 15.9 Å². The van der Waals surface area contributed by atoms with E-state index in [9.17, 15) is 18.3 Å². The number of hydrogen-bond acceptors (Lipinski definition) is 4. The van der Waals surface area contributed by atoms with Crippen LogP contribution in [-0.2, 0) is 20.6 Å². The van der Waals surface area contributed by atoms with E-state index >= 15 is 0 Å². The maximum Gasteiger partial charge on any atom is 0.238 e. The van der Waals surface area contributed by atoms with Crippen molar-refractivity contribution in [2.24, 2.45) is 0 Å². The van der Waals surface area contributed by atoms with E-state index in [0.29, 0.717) is 5.56 Å². The van der Waals surface area contributed by atoms with Gasteiger partial charge in [0.25, 0.3) is 0 Å². The van der Waals surface area contributed by atoms with Gasteiger partial charge >= 0.3 is 0 Å². The number of hydrogen-bond donors (Lipinski definition) is 1. The molecule has 6 nitrogen and oxygen atoms in total. The summed E-state index contributed by atoms with van der Waals surface area (Å²) in [5.74, 6) is 5.76. The molecule has 2 aromatic rings. The Balaban J connectivity index is 1.53. The summed E-state index contributed by atoms with van der Waals surface area (Å²) in [7, 11) is -3.64. The summed E-state index contributed by atoms with van der Waals surface area (Å²) in [6.07, 6.45) is 1.87. The second-order valence-corrected chi connectivity index (χ2v) is 10.3. The molecule has 168 valence electrons. The van der Waals surface area contributed by atoms with Crippen molar-refractivity contribution in [2.75, 3.05) is 19.7 Å². The first-order valence-corrected chi connectivity index (χ1v) is 12.6. The van der Waals surface area contributed by atoms with Crippen molar-refractivity contribution in [3.05, 3.63) is 71.3 Å². The first kappa shape index (κ1) is 22.5. The van der Waals surface area contributed by atoms with Crippen LogP contribution >= 0.6 is 0 Å². The minimum Gasteiger partial charge on any atom is -0.394 e. The topological polar surface area (TPSA) is 77.9 Å². The fourth-order valence-corrected chi connectivity index (χ4v) is 6.12. The molecule has 0 unspecified atom stereocenters. The largest absolute Gasteiger partial charge is 0.394 e. The summed E-state index contributed by atoms with van der Waals surface area (Å²) in [6.45, 7) is 1.99. The number of carbonyl (C=O) groups is 1. The van der Waals surface area contributed by atoms with Gasteiger partial charge in [-0.3, -0.25) is 4.79 Å². The zero-order valence-electron chi connectivity index (χ0n) is 18.1. The smallest absolute Gasteiger partial charge is 0.238 e. The Hall–Kier alpha value is -2.66. The fraction of sp³-hybridized carbons (Fsp3) is 0.400. The lowest BCUT2D eigenvalue weighted by Gasteiger charge is -2.58. The Bertz CT molecular complexity index is 1120. The van der Waals surface area contributed by atoms with Crippen LogP contribution in [-0.4, -0.2) is 60.4 Å². The zero-order valence-corrected chi connectivity index (χ0v) is 19.0. The molecule has 2 heterocycles. The molecule has 4 rings (SSSR count). The SMILES string of the molecule is CCCC#Cc1ccc([C@@H]2[C@H](CO)N3C(=O)CN(S(=O)(=O)Cc4ccccc4)C[C@@H]23)cc1. The lowest BCUT2D eigenvalue weighted by atomic mass is 9.74. The van der Waals surface area contributed by atoms with Gasteiger partial charge in [-0.25, -0.2) is 8.42 Å². The molecule has 0 saturated carbocycles. The minimum atomic E-state index is -3.64. The highest BCUT2D eigenvalue weighted by molar-refractivity contribution is 7.88. The van der Waals surface area contributed by atoms with Crippen LogP contribution in [0.25, 0.3) is 0 Å². The molecular formula is C25H28N2O4S. The van der Waals surface area contributed by atoms with Gasteiger partial charge in [0.2, 0.25) is 15.9 Å². The molecule has 0 aromatic heterocycles. The van der Waals surface area contributed by atoms with Gasteiger partial charge in [-0.1, -0.05) is 61.2 Å². The maximum atomic E-state index is 13.0. The van der Waals surface area contributed by atoms with Crippen LogP contribution in [0.3, 0.4) is 0 Å². The van der Waals surface area contributed by atoms with Crippen LogP contribution in [0.4, 0.5) is 0 Å². The third kappa shape index (κ3) is 4.44. The van der Waals surface area contributed by atoms with E-state index in [0.717, 1.165) is 24.0 Å². The van der Waals surface area contributed by atoms with Crippen molar-refractivity contribution in [3.63, 3.8) is 0 Å². The second-order valence-electron chi connectivity index (χ2n) is 8.35. The van der Waals surface area contributed by atoms with Gasteiger partial charge in [-0.2, -0.15) is 4.31 Å².